The highest BCUT2D eigenvalue weighted by Crippen LogP contribution is 2.39. The van der Waals surface area contributed by atoms with Crippen molar-refractivity contribution in [3.8, 4) is 0 Å². The number of fused-ring (bicyclic) bond motifs is 2. The van der Waals surface area contributed by atoms with E-state index < -0.39 is 0 Å². The highest BCUT2D eigenvalue weighted by Gasteiger charge is 2.26. The number of H-pyrrole nitrogens is 1. The van der Waals surface area contributed by atoms with Gasteiger partial charge in [-0.2, -0.15) is 0 Å². The first-order valence-corrected chi connectivity index (χ1v) is 7.23. The zero-order valence-corrected chi connectivity index (χ0v) is 12.0. The molecule has 6 nitrogen and oxygen atoms in total. The van der Waals surface area contributed by atoms with Gasteiger partial charge in [0.05, 0.1) is 5.39 Å². The summed E-state index contributed by atoms with van der Waals surface area (Å²) >= 11 is 0. The molecule has 3 aromatic heterocycles. The minimum atomic E-state index is -0.213. The molecule has 0 spiro atoms. The SMILES string of the molecule is CC(C)n1ccc2c(=O)n3[nH]c(C4CC4)cc3nc2c1=O. The van der Waals surface area contributed by atoms with Crippen molar-refractivity contribution in [3.05, 3.63) is 44.7 Å². The molecule has 6 heteroatoms. The van der Waals surface area contributed by atoms with Crippen molar-refractivity contribution in [2.75, 3.05) is 0 Å². The zero-order valence-electron chi connectivity index (χ0n) is 12.0. The minimum absolute atomic E-state index is 0.0374. The lowest BCUT2D eigenvalue weighted by molar-refractivity contribution is 0.581. The maximum atomic E-state index is 12.5. The van der Waals surface area contributed by atoms with E-state index in [1.807, 2.05) is 19.9 Å². The smallest absolute Gasteiger partial charge is 0.280 e. The fraction of sp³-hybridized carbons (Fsp3) is 0.400. The normalized spacial score (nSPS) is 15.4. The Labute approximate surface area is 120 Å². The summed E-state index contributed by atoms with van der Waals surface area (Å²) in [6.45, 7) is 3.86. The highest BCUT2D eigenvalue weighted by atomic mass is 16.1. The molecule has 0 unspecified atom stereocenters. The van der Waals surface area contributed by atoms with Crippen LogP contribution < -0.4 is 11.1 Å². The van der Waals surface area contributed by atoms with Gasteiger partial charge >= 0.3 is 0 Å². The standard InChI is InChI=1S/C15H16N4O2/c1-8(2)18-6-5-10-13(15(18)21)16-12-7-11(9-3-4-9)17-19(12)14(10)20/h5-9,17H,3-4H2,1-2H3. The number of nitrogens with one attached hydrogen (secondary N) is 1. The molecule has 0 radical (unpaired) electrons. The molecular weight excluding hydrogens is 268 g/mol. The summed E-state index contributed by atoms with van der Waals surface area (Å²) in [7, 11) is 0. The summed E-state index contributed by atoms with van der Waals surface area (Å²) in [5, 5.41) is 3.47. The molecule has 0 amide bonds. The molecule has 108 valence electrons. The maximum absolute atomic E-state index is 12.5. The van der Waals surface area contributed by atoms with Crippen LogP contribution in [0.15, 0.2) is 27.9 Å². The van der Waals surface area contributed by atoms with E-state index in [1.54, 1.807) is 16.8 Å². The minimum Gasteiger partial charge on any atom is -0.311 e. The second-order valence-corrected chi connectivity index (χ2v) is 5.98. The lowest BCUT2D eigenvalue weighted by Gasteiger charge is -2.09. The lowest BCUT2D eigenvalue weighted by atomic mass is 10.2. The molecule has 0 bridgehead atoms. The van der Waals surface area contributed by atoms with Crippen LogP contribution in [0.3, 0.4) is 0 Å². The summed E-state index contributed by atoms with van der Waals surface area (Å²) < 4.78 is 3.04. The Kier molecular flexibility index (Phi) is 2.40. The van der Waals surface area contributed by atoms with Crippen LogP contribution >= 0.6 is 0 Å². The first-order chi connectivity index (χ1) is 10.1. The van der Waals surface area contributed by atoms with Crippen LogP contribution in [0, 0.1) is 0 Å². The van der Waals surface area contributed by atoms with Crippen LogP contribution in [-0.2, 0) is 0 Å². The summed E-state index contributed by atoms with van der Waals surface area (Å²) in [6.07, 6.45) is 3.94. The predicted octanol–water partition coefficient (Wildman–Crippen LogP) is 1.80. The third kappa shape index (κ3) is 1.75. The lowest BCUT2D eigenvalue weighted by Crippen LogP contribution is -2.26. The Morgan fingerprint density at radius 3 is 2.71 bits per heavy atom. The van der Waals surface area contributed by atoms with Crippen molar-refractivity contribution in [1.29, 1.82) is 0 Å². The second kappa shape index (κ2) is 4.07. The summed E-state index contributed by atoms with van der Waals surface area (Å²) in [6, 6.07) is 3.59. The van der Waals surface area contributed by atoms with Crippen LogP contribution in [0.4, 0.5) is 0 Å². The number of pyridine rings is 1. The monoisotopic (exact) mass is 284 g/mol. The van der Waals surface area contributed by atoms with E-state index in [9.17, 15) is 9.59 Å². The molecule has 1 saturated carbocycles. The van der Waals surface area contributed by atoms with Gasteiger partial charge in [-0.25, -0.2) is 9.50 Å². The van der Waals surface area contributed by atoms with E-state index in [1.165, 1.54) is 4.52 Å². The van der Waals surface area contributed by atoms with Gasteiger partial charge < -0.3 is 4.57 Å². The van der Waals surface area contributed by atoms with Gasteiger partial charge in [0.15, 0.2) is 5.65 Å². The van der Waals surface area contributed by atoms with Crippen molar-refractivity contribution in [1.82, 2.24) is 19.2 Å². The maximum Gasteiger partial charge on any atom is 0.280 e. The number of hydrogen-bond donors (Lipinski definition) is 1. The summed E-state index contributed by atoms with van der Waals surface area (Å²) in [5.41, 5.74) is 1.37. The molecule has 1 aliphatic rings. The number of nitrogens with zero attached hydrogens (tertiary/aromatic N) is 3. The van der Waals surface area contributed by atoms with Gasteiger partial charge in [-0.15, -0.1) is 0 Å². The van der Waals surface area contributed by atoms with Crippen LogP contribution in [0.1, 0.15) is 44.3 Å². The topological polar surface area (TPSA) is 72.2 Å². The number of aromatic nitrogens is 4. The van der Waals surface area contributed by atoms with E-state index in [-0.39, 0.29) is 22.7 Å². The molecule has 3 aromatic rings. The van der Waals surface area contributed by atoms with Gasteiger partial charge in [-0.1, -0.05) is 0 Å². The van der Waals surface area contributed by atoms with E-state index in [2.05, 4.69) is 10.1 Å². The van der Waals surface area contributed by atoms with Crippen molar-refractivity contribution >= 4 is 16.6 Å². The molecule has 4 rings (SSSR count). The Hall–Kier alpha value is -2.37. The number of aromatic amines is 1. The van der Waals surface area contributed by atoms with Crippen molar-refractivity contribution in [2.45, 2.75) is 38.6 Å². The van der Waals surface area contributed by atoms with Crippen molar-refractivity contribution in [3.63, 3.8) is 0 Å². The molecule has 1 aliphatic carbocycles. The van der Waals surface area contributed by atoms with Crippen LogP contribution in [0.2, 0.25) is 0 Å². The average Bonchev–Trinajstić information content (AvgIpc) is 3.20. The molecule has 0 aliphatic heterocycles. The van der Waals surface area contributed by atoms with Crippen LogP contribution in [0.5, 0.6) is 0 Å². The highest BCUT2D eigenvalue weighted by molar-refractivity contribution is 5.78. The van der Waals surface area contributed by atoms with Crippen LogP contribution in [-0.4, -0.2) is 19.2 Å². The fourth-order valence-corrected chi connectivity index (χ4v) is 2.72. The van der Waals surface area contributed by atoms with Gasteiger partial charge in [-0.3, -0.25) is 14.7 Å². The number of rotatable bonds is 2. The van der Waals surface area contributed by atoms with Crippen molar-refractivity contribution in [2.24, 2.45) is 0 Å². The zero-order chi connectivity index (χ0) is 14.7. The van der Waals surface area contributed by atoms with E-state index >= 15 is 0 Å². The van der Waals surface area contributed by atoms with E-state index in [4.69, 9.17) is 0 Å². The molecule has 1 fully saturated rings. The molecule has 0 saturated heterocycles. The summed E-state index contributed by atoms with van der Waals surface area (Å²) in [5.74, 6) is 0.501. The van der Waals surface area contributed by atoms with E-state index in [0.29, 0.717) is 17.0 Å². The summed E-state index contributed by atoms with van der Waals surface area (Å²) in [4.78, 5) is 29.4. The molecule has 0 aromatic carbocycles. The molecule has 3 heterocycles. The fourth-order valence-electron chi connectivity index (χ4n) is 2.72. The Morgan fingerprint density at radius 1 is 1.29 bits per heavy atom. The molecule has 1 N–H and O–H groups in total. The Bertz CT molecular complexity index is 973. The first kappa shape index (κ1) is 12.4. The molecule has 21 heavy (non-hydrogen) atoms. The predicted molar refractivity (Wildman–Crippen MR) is 79.9 cm³/mol. The quantitative estimate of drug-likeness (QED) is 0.780. The van der Waals surface area contributed by atoms with E-state index in [0.717, 1.165) is 18.5 Å². The Morgan fingerprint density at radius 2 is 2.05 bits per heavy atom. The van der Waals surface area contributed by atoms with Gasteiger partial charge in [0, 0.05) is 29.9 Å². The van der Waals surface area contributed by atoms with Gasteiger partial charge in [0.25, 0.3) is 11.1 Å². The third-order valence-electron chi connectivity index (χ3n) is 4.08. The first-order valence-electron chi connectivity index (χ1n) is 7.23. The van der Waals surface area contributed by atoms with Gasteiger partial charge in [-0.05, 0) is 32.8 Å². The molecular formula is C15H16N4O2. The van der Waals surface area contributed by atoms with Crippen LogP contribution in [0.25, 0.3) is 16.6 Å². The largest absolute Gasteiger partial charge is 0.311 e. The molecule has 0 atom stereocenters. The van der Waals surface area contributed by atoms with Gasteiger partial charge in [0.2, 0.25) is 0 Å². The number of hydrogen-bond acceptors (Lipinski definition) is 3. The second-order valence-electron chi connectivity index (χ2n) is 5.98. The van der Waals surface area contributed by atoms with Crippen molar-refractivity contribution < 1.29 is 0 Å². The Balaban J connectivity index is 2.10. The third-order valence-corrected chi connectivity index (χ3v) is 4.08. The van der Waals surface area contributed by atoms with Gasteiger partial charge in [0.1, 0.15) is 5.52 Å². The average molecular weight is 284 g/mol.